The first-order chi connectivity index (χ1) is 6.52. The SMILES string of the molecule is C[13C](=O)[13C](=O)c1ccc([N+](=O)[O-])cc1. The van der Waals surface area contributed by atoms with Gasteiger partial charge < -0.3 is 0 Å². The van der Waals surface area contributed by atoms with Crippen molar-refractivity contribution in [3.63, 3.8) is 0 Å². The summed E-state index contributed by atoms with van der Waals surface area (Å²) in [6.07, 6.45) is 0. The number of rotatable bonds is 3. The van der Waals surface area contributed by atoms with Crippen molar-refractivity contribution in [2.75, 3.05) is 0 Å². The molecule has 0 aliphatic heterocycles. The van der Waals surface area contributed by atoms with Gasteiger partial charge in [-0.2, -0.15) is 0 Å². The van der Waals surface area contributed by atoms with Crippen LogP contribution in [0.3, 0.4) is 0 Å². The Hall–Kier alpha value is -2.04. The molecule has 0 fully saturated rings. The molecular formula is C9H7NO4. The second-order valence-electron chi connectivity index (χ2n) is 2.69. The van der Waals surface area contributed by atoms with Crippen molar-refractivity contribution < 1.29 is 14.5 Å². The van der Waals surface area contributed by atoms with E-state index in [1.54, 1.807) is 0 Å². The normalized spacial score (nSPS) is 9.50. The number of nitrogens with zero attached hydrogens (tertiary/aromatic N) is 1. The summed E-state index contributed by atoms with van der Waals surface area (Å²) in [6, 6.07) is 4.91. The van der Waals surface area contributed by atoms with Crippen LogP contribution in [-0.4, -0.2) is 16.5 Å². The summed E-state index contributed by atoms with van der Waals surface area (Å²) in [5.74, 6) is -1.22. The lowest BCUT2D eigenvalue weighted by Crippen LogP contribution is -2.09. The summed E-state index contributed by atoms with van der Waals surface area (Å²) in [4.78, 5) is 31.5. The van der Waals surface area contributed by atoms with Crippen LogP contribution in [0.2, 0.25) is 0 Å². The van der Waals surface area contributed by atoms with Crippen molar-refractivity contribution in [2.45, 2.75) is 6.92 Å². The topological polar surface area (TPSA) is 77.3 Å². The van der Waals surface area contributed by atoms with Gasteiger partial charge >= 0.3 is 0 Å². The molecule has 72 valence electrons. The molecule has 0 saturated heterocycles. The van der Waals surface area contributed by atoms with Crippen molar-refractivity contribution in [3.05, 3.63) is 39.9 Å². The molecule has 0 radical (unpaired) electrons. The third-order valence-corrected chi connectivity index (χ3v) is 1.66. The molecule has 5 heteroatoms. The first kappa shape index (κ1) is 10.0. The van der Waals surface area contributed by atoms with Crippen molar-refractivity contribution in [1.29, 1.82) is 0 Å². The van der Waals surface area contributed by atoms with Crippen LogP contribution in [0.5, 0.6) is 0 Å². The molecular weight excluding hydrogens is 188 g/mol. The molecule has 0 bridgehead atoms. The van der Waals surface area contributed by atoms with Gasteiger partial charge in [0.1, 0.15) is 0 Å². The van der Waals surface area contributed by atoms with E-state index in [2.05, 4.69) is 0 Å². The summed E-state index contributed by atoms with van der Waals surface area (Å²) in [6.45, 7) is 1.16. The zero-order valence-electron chi connectivity index (χ0n) is 7.39. The second kappa shape index (κ2) is 3.78. The Labute approximate surface area is 79.5 Å². The van der Waals surface area contributed by atoms with Gasteiger partial charge in [0.25, 0.3) is 5.69 Å². The second-order valence-corrected chi connectivity index (χ2v) is 2.69. The Kier molecular flexibility index (Phi) is 2.71. The van der Waals surface area contributed by atoms with Crippen molar-refractivity contribution >= 4 is 17.3 Å². The number of hydrogen-bond donors (Lipinski definition) is 0. The molecule has 5 nitrogen and oxygen atoms in total. The van der Waals surface area contributed by atoms with Gasteiger partial charge in [0.2, 0.25) is 5.78 Å². The molecule has 0 aliphatic carbocycles. The quantitative estimate of drug-likeness (QED) is 0.240. The first-order valence-corrected chi connectivity index (χ1v) is 3.82. The van der Waals surface area contributed by atoms with Gasteiger partial charge in [-0.25, -0.2) is 0 Å². The molecule has 1 aromatic rings. The number of carbonyl (C=O) groups is 2. The van der Waals surface area contributed by atoms with E-state index in [1.165, 1.54) is 24.3 Å². The molecule has 0 aliphatic rings. The monoisotopic (exact) mass is 195 g/mol. The molecule has 0 saturated carbocycles. The Balaban J connectivity index is 3.00. The van der Waals surface area contributed by atoms with Gasteiger partial charge in [-0.05, 0) is 12.1 Å². The van der Waals surface area contributed by atoms with Crippen LogP contribution in [0, 0.1) is 10.1 Å². The highest BCUT2D eigenvalue weighted by molar-refractivity contribution is 6.42. The van der Waals surface area contributed by atoms with E-state index in [9.17, 15) is 19.7 Å². The maximum absolute atomic E-state index is 11.1. The standard InChI is InChI=1S/C9H7NO4/c1-6(11)9(12)7-2-4-8(5-3-7)10(13)14/h2-5H,1H3/i6+1,9+1. The van der Waals surface area contributed by atoms with E-state index >= 15 is 0 Å². The number of hydrogen-bond acceptors (Lipinski definition) is 4. The van der Waals surface area contributed by atoms with Gasteiger partial charge in [0.15, 0.2) is 5.78 Å². The summed E-state index contributed by atoms with van der Waals surface area (Å²) < 4.78 is 0. The molecule has 0 amide bonds. The predicted molar refractivity (Wildman–Crippen MR) is 48.1 cm³/mol. The fourth-order valence-corrected chi connectivity index (χ4v) is 0.938. The molecule has 0 heterocycles. The largest absolute Gasteiger partial charge is 0.291 e. The highest BCUT2D eigenvalue weighted by Gasteiger charge is 2.12. The molecule has 0 N–H and O–H groups in total. The molecule has 1 aromatic carbocycles. The van der Waals surface area contributed by atoms with E-state index in [0.717, 1.165) is 6.92 Å². The summed E-state index contributed by atoms with van der Waals surface area (Å²) in [5.41, 5.74) is 0.0632. The van der Waals surface area contributed by atoms with Crippen LogP contribution in [0.1, 0.15) is 17.3 Å². The lowest BCUT2D eigenvalue weighted by molar-refractivity contribution is -0.384. The molecule has 14 heavy (non-hydrogen) atoms. The summed E-state index contributed by atoms with van der Waals surface area (Å²) in [7, 11) is 0. The molecule has 1 rings (SSSR count). The van der Waals surface area contributed by atoms with Crippen LogP contribution in [0.25, 0.3) is 0 Å². The van der Waals surface area contributed by atoms with E-state index < -0.39 is 16.5 Å². The number of benzene rings is 1. The minimum Gasteiger partial charge on any atom is -0.291 e. The maximum Gasteiger partial charge on any atom is 0.269 e. The van der Waals surface area contributed by atoms with E-state index in [0.29, 0.717) is 0 Å². The van der Waals surface area contributed by atoms with Crippen LogP contribution in [-0.2, 0) is 4.79 Å². The highest BCUT2D eigenvalue weighted by Crippen LogP contribution is 2.12. The van der Waals surface area contributed by atoms with Crippen molar-refractivity contribution in [2.24, 2.45) is 0 Å². The van der Waals surface area contributed by atoms with E-state index in [1.807, 2.05) is 0 Å². The Morgan fingerprint density at radius 2 is 1.71 bits per heavy atom. The maximum atomic E-state index is 11.1. The van der Waals surface area contributed by atoms with Crippen molar-refractivity contribution in [3.8, 4) is 0 Å². The number of nitro benzene ring substituents is 1. The van der Waals surface area contributed by atoms with E-state index in [-0.39, 0.29) is 11.3 Å². The number of carbonyl (C=O) groups excluding carboxylic acids is 2. The Morgan fingerprint density at radius 1 is 1.21 bits per heavy atom. The minimum absolute atomic E-state index is 0.106. The number of Topliss-reactive ketones (excluding diaryl/α,β-unsaturated/α-hetero) is 2. The van der Waals surface area contributed by atoms with Gasteiger partial charge in [-0.3, -0.25) is 19.7 Å². The zero-order valence-corrected chi connectivity index (χ0v) is 7.39. The summed E-state index contributed by atoms with van der Waals surface area (Å²) in [5, 5.41) is 10.3. The fourth-order valence-electron chi connectivity index (χ4n) is 0.938. The molecule has 0 spiro atoms. The Bertz CT molecular complexity index is 394. The van der Waals surface area contributed by atoms with Gasteiger partial charge in [0, 0.05) is 24.6 Å². The summed E-state index contributed by atoms with van der Waals surface area (Å²) >= 11 is 0. The molecule has 0 atom stereocenters. The van der Waals surface area contributed by atoms with Crippen LogP contribution < -0.4 is 0 Å². The zero-order chi connectivity index (χ0) is 10.7. The van der Waals surface area contributed by atoms with Crippen LogP contribution >= 0.6 is 0 Å². The smallest absolute Gasteiger partial charge is 0.269 e. The average Bonchev–Trinajstić information content (AvgIpc) is 2.16. The minimum atomic E-state index is -0.639. The van der Waals surface area contributed by atoms with Gasteiger partial charge in [0.05, 0.1) is 4.92 Å². The fraction of sp³-hybridized carbons (Fsp3) is 0.111. The van der Waals surface area contributed by atoms with E-state index in [4.69, 9.17) is 0 Å². The number of ketones is 2. The predicted octanol–water partition coefficient (Wildman–Crippen LogP) is 1.37. The van der Waals surface area contributed by atoms with Crippen LogP contribution in [0.15, 0.2) is 24.3 Å². The van der Waals surface area contributed by atoms with Crippen molar-refractivity contribution in [1.82, 2.24) is 0 Å². The highest BCUT2D eigenvalue weighted by atomic mass is 16.6. The molecule has 0 unspecified atom stereocenters. The lowest BCUT2D eigenvalue weighted by Gasteiger charge is -1.95. The lowest BCUT2D eigenvalue weighted by atomic mass is 10.2. The van der Waals surface area contributed by atoms with Gasteiger partial charge in [-0.1, -0.05) is 0 Å². The molecule has 0 aromatic heterocycles. The van der Waals surface area contributed by atoms with Crippen LogP contribution in [0.4, 0.5) is 5.69 Å². The number of nitro groups is 1. The Morgan fingerprint density at radius 3 is 2.07 bits per heavy atom. The number of non-ortho nitro benzene ring substituents is 1. The third kappa shape index (κ3) is 2.01. The first-order valence-electron chi connectivity index (χ1n) is 3.82. The average molecular weight is 195 g/mol. The van der Waals surface area contributed by atoms with Gasteiger partial charge in [-0.15, -0.1) is 0 Å². The third-order valence-electron chi connectivity index (χ3n) is 1.66.